The fourth-order valence-corrected chi connectivity index (χ4v) is 2.65. The Hall–Kier alpha value is -1.42. The summed E-state index contributed by atoms with van der Waals surface area (Å²) in [6.45, 7) is 4.93. The predicted molar refractivity (Wildman–Crippen MR) is 75.4 cm³/mol. The summed E-state index contributed by atoms with van der Waals surface area (Å²) in [6, 6.07) is 3.77. The second kappa shape index (κ2) is 6.15. The lowest BCUT2D eigenvalue weighted by atomic mass is 9.98. The van der Waals surface area contributed by atoms with Crippen molar-refractivity contribution >= 4 is 5.91 Å². The minimum atomic E-state index is -0.382. The zero-order chi connectivity index (χ0) is 13.8. The first kappa shape index (κ1) is 14.0. The van der Waals surface area contributed by atoms with Crippen LogP contribution in [0.2, 0.25) is 0 Å². The van der Waals surface area contributed by atoms with E-state index in [1.165, 1.54) is 0 Å². The van der Waals surface area contributed by atoms with Crippen LogP contribution in [-0.4, -0.2) is 28.4 Å². The van der Waals surface area contributed by atoms with Crippen LogP contribution in [0, 0.1) is 5.92 Å². The Morgan fingerprint density at radius 3 is 2.84 bits per heavy atom. The van der Waals surface area contributed by atoms with E-state index in [1.54, 1.807) is 12.4 Å². The molecule has 4 nitrogen and oxygen atoms in total. The molecule has 1 aliphatic rings. The Kier molecular flexibility index (Phi) is 4.53. The SMILES string of the molecule is CC[C@H](C)[C@H](N)C(=O)N1CCCC1c1ccncc1. The standard InChI is InChI=1S/C15H23N3O/c1-3-11(2)14(16)15(19)18-10-4-5-13(18)12-6-8-17-9-7-12/h6-9,11,13-14H,3-5,10,16H2,1-2H3/t11-,13?,14-/m0/s1. The molecule has 0 saturated carbocycles. The number of nitrogens with two attached hydrogens (primary N) is 1. The van der Waals surface area contributed by atoms with E-state index in [0.29, 0.717) is 0 Å². The van der Waals surface area contributed by atoms with Crippen molar-refractivity contribution in [3.63, 3.8) is 0 Å². The number of hydrogen-bond donors (Lipinski definition) is 1. The van der Waals surface area contributed by atoms with Gasteiger partial charge in [0.2, 0.25) is 5.91 Å². The molecule has 1 aromatic heterocycles. The van der Waals surface area contributed by atoms with Gasteiger partial charge in [0.05, 0.1) is 12.1 Å². The lowest BCUT2D eigenvalue weighted by Crippen LogP contribution is -2.46. The van der Waals surface area contributed by atoms with Gasteiger partial charge in [-0.25, -0.2) is 0 Å². The summed E-state index contributed by atoms with van der Waals surface area (Å²) in [5.74, 6) is 0.319. The molecule has 104 valence electrons. The summed E-state index contributed by atoms with van der Waals surface area (Å²) < 4.78 is 0. The quantitative estimate of drug-likeness (QED) is 0.903. The molecule has 0 aromatic carbocycles. The van der Waals surface area contributed by atoms with Crippen molar-refractivity contribution in [2.45, 2.75) is 45.2 Å². The van der Waals surface area contributed by atoms with Crippen LogP contribution < -0.4 is 5.73 Å². The van der Waals surface area contributed by atoms with Crippen LogP contribution in [0.5, 0.6) is 0 Å². The summed E-state index contributed by atoms with van der Waals surface area (Å²) in [7, 11) is 0. The number of carbonyl (C=O) groups excluding carboxylic acids is 1. The summed E-state index contributed by atoms with van der Waals surface area (Å²) in [5.41, 5.74) is 7.25. The first-order valence-corrected chi connectivity index (χ1v) is 7.11. The number of aromatic nitrogens is 1. The maximum atomic E-state index is 12.5. The lowest BCUT2D eigenvalue weighted by Gasteiger charge is -2.29. The Labute approximate surface area is 115 Å². The Bertz CT molecular complexity index is 421. The highest BCUT2D eigenvalue weighted by Gasteiger charge is 2.33. The van der Waals surface area contributed by atoms with E-state index >= 15 is 0 Å². The van der Waals surface area contributed by atoms with Gasteiger partial charge in [0.25, 0.3) is 0 Å². The van der Waals surface area contributed by atoms with Crippen molar-refractivity contribution in [2.24, 2.45) is 11.7 Å². The zero-order valence-electron chi connectivity index (χ0n) is 11.7. The number of amides is 1. The average Bonchev–Trinajstić information content (AvgIpc) is 2.95. The minimum absolute atomic E-state index is 0.0914. The molecule has 3 atom stereocenters. The molecular weight excluding hydrogens is 238 g/mol. The second-order valence-electron chi connectivity index (χ2n) is 5.38. The van der Waals surface area contributed by atoms with E-state index < -0.39 is 0 Å². The van der Waals surface area contributed by atoms with Gasteiger partial charge in [-0.05, 0) is 36.5 Å². The molecule has 1 aromatic rings. The van der Waals surface area contributed by atoms with Crippen LogP contribution in [0.1, 0.15) is 44.7 Å². The van der Waals surface area contributed by atoms with Crippen LogP contribution in [0.3, 0.4) is 0 Å². The Balaban J connectivity index is 2.13. The summed E-state index contributed by atoms with van der Waals surface area (Å²) in [6.07, 6.45) is 6.56. The largest absolute Gasteiger partial charge is 0.334 e. The molecule has 1 aliphatic heterocycles. The highest BCUT2D eigenvalue weighted by molar-refractivity contribution is 5.82. The van der Waals surface area contributed by atoms with Gasteiger partial charge < -0.3 is 10.6 Å². The fraction of sp³-hybridized carbons (Fsp3) is 0.600. The van der Waals surface area contributed by atoms with E-state index in [1.807, 2.05) is 24.0 Å². The van der Waals surface area contributed by atoms with Gasteiger partial charge in [0, 0.05) is 18.9 Å². The van der Waals surface area contributed by atoms with Crippen molar-refractivity contribution in [3.05, 3.63) is 30.1 Å². The third kappa shape index (κ3) is 2.95. The topological polar surface area (TPSA) is 59.2 Å². The molecule has 1 amide bonds. The van der Waals surface area contributed by atoms with Crippen molar-refractivity contribution in [2.75, 3.05) is 6.54 Å². The molecule has 0 spiro atoms. The van der Waals surface area contributed by atoms with Crippen LogP contribution in [0.15, 0.2) is 24.5 Å². The van der Waals surface area contributed by atoms with E-state index in [2.05, 4.69) is 11.9 Å². The van der Waals surface area contributed by atoms with Crippen molar-refractivity contribution in [1.82, 2.24) is 9.88 Å². The molecular formula is C15H23N3O. The van der Waals surface area contributed by atoms with Gasteiger partial charge in [-0.15, -0.1) is 0 Å². The van der Waals surface area contributed by atoms with Crippen LogP contribution >= 0.6 is 0 Å². The van der Waals surface area contributed by atoms with Gasteiger partial charge in [-0.2, -0.15) is 0 Å². The lowest BCUT2D eigenvalue weighted by molar-refractivity contribution is -0.134. The molecule has 1 fully saturated rings. The molecule has 0 bridgehead atoms. The highest BCUT2D eigenvalue weighted by Crippen LogP contribution is 2.32. The first-order valence-electron chi connectivity index (χ1n) is 7.11. The van der Waals surface area contributed by atoms with Crippen LogP contribution in [-0.2, 0) is 4.79 Å². The van der Waals surface area contributed by atoms with Crippen molar-refractivity contribution in [3.8, 4) is 0 Å². The van der Waals surface area contributed by atoms with Gasteiger partial charge >= 0.3 is 0 Å². The molecule has 1 saturated heterocycles. The fourth-order valence-electron chi connectivity index (χ4n) is 2.65. The number of likely N-dealkylation sites (tertiary alicyclic amines) is 1. The Morgan fingerprint density at radius 2 is 2.21 bits per heavy atom. The number of pyridine rings is 1. The summed E-state index contributed by atoms with van der Waals surface area (Å²) in [4.78, 5) is 18.5. The van der Waals surface area contributed by atoms with Gasteiger partial charge in [-0.3, -0.25) is 9.78 Å². The zero-order valence-corrected chi connectivity index (χ0v) is 11.7. The maximum Gasteiger partial charge on any atom is 0.240 e. The van der Waals surface area contributed by atoms with E-state index in [4.69, 9.17) is 5.73 Å². The molecule has 1 unspecified atom stereocenters. The van der Waals surface area contributed by atoms with Gasteiger partial charge in [0.1, 0.15) is 0 Å². The highest BCUT2D eigenvalue weighted by atomic mass is 16.2. The van der Waals surface area contributed by atoms with Crippen molar-refractivity contribution in [1.29, 1.82) is 0 Å². The smallest absolute Gasteiger partial charge is 0.240 e. The molecule has 2 rings (SSSR count). The minimum Gasteiger partial charge on any atom is -0.334 e. The number of carbonyl (C=O) groups is 1. The normalized spacial score (nSPS) is 22.3. The van der Waals surface area contributed by atoms with Gasteiger partial charge in [-0.1, -0.05) is 20.3 Å². The third-order valence-corrected chi connectivity index (χ3v) is 4.17. The van der Waals surface area contributed by atoms with Crippen LogP contribution in [0.25, 0.3) is 0 Å². The molecule has 0 aliphatic carbocycles. The van der Waals surface area contributed by atoms with Crippen molar-refractivity contribution < 1.29 is 4.79 Å². The molecule has 4 heteroatoms. The number of nitrogens with zero attached hydrogens (tertiary/aromatic N) is 2. The number of rotatable bonds is 4. The van der Waals surface area contributed by atoms with E-state index in [9.17, 15) is 4.79 Å². The summed E-state index contributed by atoms with van der Waals surface area (Å²) in [5, 5.41) is 0. The second-order valence-corrected chi connectivity index (χ2v) is 5.38. The van der Waals surface area contributed by atoms with E-state index in [0.717, 1.165) is 31.4 Å². The summed E-state index contributed by atoms with van der Waals surface area (Å²) >= 11 is 0. The average molecular weight is 261 g/mol. The first-order chi connectivity index (χ1) is 9.15. The molecule has 2 N–H and O–H groups in total. The predicted octanol–water partition coefficient (Wildman–Crippen LogP) is 2.12. The monoisotopic (exact) mass is 261 g/mol. The van der Waals surface area contributed by atoms with E-state index in [-0.39, 0.29) is 23.9 Å². The molecule has 0 radical (unpaired) electrons. The van der Waals surface area contributed by atoms with Gasteiger partial charge in [0.15, 0.2) is 0 Å². The molecule has 2 heterocycles. The number of hydrogen-bond acceptors (Lipinski definition) is 3. The third-order valence-electron chi connectivity index (χ3n) is 4.17. The van der Waals surface area contributed by atoms with Crippen LogP contribution in [0.4, 0.5) is 0 Å². The maximum absolute atomic E-state index is 12.5. The molecule has 19 heavy (non-hydrogen) atoms. The Morgan fingerprint density at radius 1 is 1.53 bits per heavy atom.